The van der Waals surface area contributed by atoms with Crippen LogP contribution in [0.2, 0.25) is 0 Å². The number of aromatic nitrogens is 1. The van der Waals surface area contributed by atoms with E-state index in [0.29, 0.717) is 16.8 Å². The van der Waals surface area contributed by atoms with Crippen molar-refractivity contribution in [3.8, 4) is 5.75 Å². The summed E-state index contributed by atoms with van der Waals surface area (Å²) >= 11 is 0. The first-order chi connectivity index (χ1) is 15.8. The summed E-state index contributed by atoms with van der Waals surface area (Å²) in [6.07, 6.45) is 1.32. The van der Waals surface area contributed by atoms with Crippen molar-refractivity contribution in [2.24, 2.45) is 0 Å². The molecule has 5 rings (SSSR count). The van der Waals surface area contributed by atoms with E-state index in [2.05, 4.69) is 15.6 Å². The summed E-state index contributed by atoms with van der Waals surface area (Å²) in [4.78, 5) is 55.6. The average molecular weight is 450 g/mol. The van der Waals surface area contributed by atoms with Gasteiger partial charge in [0.2, 0.25) is 0 Å². The van der Waals surface area contributed by atoms with Gasteiger partial charge in [0.15, 0.2) is 11.1 Å². The van der Waals surface area contributed by atoms with Gasteiger partial charge in [0.25, 0.3) is 11.8 Å². The lowest BCUT2D eigenvalue weighted by Gasteiger charge is -2.28. The number of ether oxygens (including phenoxy) is 2. The van der Waals surface area contributed by atoms with Gasteiger partial charge in [-0.2, -0.15) is 0 Å². The van der Waals surface area contributed by atoms with Crippen LogP contribution in [0.15, 0.2) is 40.9 Å². The fraction of sp³-hybridized carbons (Fsp3) is 0.227. The highest BCUT2D eigenvalue weighted by atomic mass is 16.5. The number of esters is 1. The standard InChI is InChI=1S/C22H18N4O7/c1-31-13-4-3-11-9-26(18(27)14(11)6-13)10-22(20(29)24-21(30)25-22)17-7-15-16(33-17)5-12(8-23-15)19(28)32-2/h3-8H,9-10H2,1-2H3,(H2,24,25,29,30). The number of methoxy groups -OCH3 is 2. The zero-order chi connectivity index (χ0) is 23.3. The van der Waals surface area contributed by atoms with Crippen molar-refractivity contribution in [3.63, 3.8) is 0 Å². The molecule has 2 aliphatic heterocycles. The highest BCUT2D eigenvalue weighted by Gasteiger charge is 2.53. The second-order valence-electron chi connectivity index (χ2n) is 7.71. The highest BCUT2D eigenvalue weighted by Crippen LogP contribution is 2.34. The fourth-order valence-electron chi connectivity index (χ4n) is 4.09. The van der Waals surface area contributed by atoms with Gasteiger partial charge in [0, 0.05) is 24.4 Å². The minimum absolute atomic E-state index is 0.0803. The van der Waals surface area contributed by atoms with E-state index in [-0.39, 0.29) is 35.9 Å². The van der Waals surface area contributed by atoms with Crippen molar-refractivity contribution in [2.45, 2.75) is 12.1 Å². The number of rotatable bonds is 5. The van der Waals surface area contributed by atoms with Gasteiger partial charge < -0.3 is 24.1 Å². The van der Waals surface area contributed by atoms with Gasteiger partial charge in [-0.05, 0) is 23.8 Å². The van der Waals surface area contributed by atoms with Gasteiger partial charge in [-0.3, -0.25) is 19.9 Å². The third-order valence-electron chi connectivity index (χ3n) is 5.78. The molecule has 0 saturated carbocycles. The molecule has 2 N–H and O–H groups in total. The minimum atomic E-state index is -1.68. The van der Waals surface area contributed by atoms with Crippen LogP contribution in [-0.4, -0.2) is 54.5 Å². The summed E-state index contributed by atoms with van der Waals surface area (Å²) in [5.41, 5.74) is 0.316. The molecule has 33 heavy (non-hydrogen) atoms. The predicted molar refractivity (Wildman–Crippen MR) is 111 cm³/mol. The number of amides is 4. The molecule has 2 aliphatic rings. The number of hydrogen-bond acceptors (Lipinski definition) is 8. The Morgan fingerprint density at radius 3 is 2.73 bits per heavy atom. The van der Waals surface area contributed by atoms with E-state index < -0.39 is 23.4 Å². The van der Waals surface area contributed by atoms with Crippen LogP contribution in [0.5, 0.6) is 5.75 Å². The number of fused-ring (bicyclic) bond motifs is 2. The molecule has 4 amide bonds. The summed E-state index contributed by atoms with van der Waals surface area (Å²) < 4.78 is 15.8. The molecule has 0 aliphatic carbocycles. The Bertz CT molecular complexity index is 1350. The summed E-state index contributed by atoms with van der Waals surface area (Å²) in [5.74, 6) is -0.951. The number of carbonyl (C=O) groups is 4. The van der Waals surface area contributed by atoms with Crippen LogP contribution in [0.4, 0.5) is 4.79 Å². The molecule has 1 atom stereocenters. The first-order valence-electron chi connectivity index (χ1n) is 9.93. The molecule has 2 aromatic heterocycles. The van der Waals surface area contributed by atoms with Gasteiger partial charge in [-0.15, -0.1) is 0 Å². The molecule has 11 heteroatoms. The molecule has 1 unspecified atom stereocenters. The molecule has 4 heterocycles. The van der Waals surface area contributed by atoms with Gasteiger partial charge in [0.1, 0.15) is 17.0 Å². The lowest BCUT2D eigenvalue weighted by Crippen LogP contribution is -2.52. The molecular weight excluding hydrogens is 432 g/mol. The Morgan fingerprint density at radius 1 is 1.21 bits per heavy atom. The monoisotopic (exact) mass is 450 g/mol. The van der Waals surface area contributed by atoms with Crippen LogP contribution in [0.1, 0.15) is 32.0 Å². The number of pyridine rings is 1. The van der Waals surface area contributed by atoms with Crippen LogP contribution in [0, 0.1) is 0 Å². The number of hydrogen-bond donors (Lipinski definition) is 2. The Hall–Kier alpha value is -4.41. The topological polar surface area (TPSA) is 140 Å². The molecule has 0 radical (unpaired) electrons. The SMILES string of the molecule is COC(=O)c1cnc2cc(C3(CN4Cc5ccc(OC)cc5C4=O)NC(=O)NC3=O)oc2c1. The van der Waals surface area contributed by atoms with Crippen LogP contribution in [0.3, 0.4) is 0 Å². The average Bonchev–Trinajstić information content (AvgIpc) is 3.46. The number of urea groups is 1. The number of imide groups is 1. The Morgan fingerprint density at radius 2 is 2.03 bits per heavy atom. The molecule has 0 spiro atoms. The lowest BCUT2D eigenvalue weighted by molar-refractivity contribution is -0.125. The van der Waals surface area contributed by atoms with E-state index in [9.17, 15) is 19.2 Å². The van der Waals surface area contributed by atoms with Crippen molar-refractivity contribution < 1.29 is 33.1 Å². The lowest BCUT2D eigenvalue weighted by atomic mass is 9.95. The number of furan rings is 1. The van der Waals surface area contributed by atoms with E-state index in [1.165, 1.54) is 37.4 Å². The Balaban J connectivity index is 1.54. The zero-order valence-corrected chi connectivity index (χ0v) is 17.6. The van der Waals surface area contributed by atoms with Crippen LogP contribution in [-0.2, 0) is 21.6 Å². The quantitative estimate of drug-likeness (QED) is 0.438. The van der Waals surface area contributed by atoms with Gasteiger partial charge in [-0.25, -0.2) is 9.59 Å². The Kier molecular flexibility index (Phi) is 4.55. The van der Waals surface area contributed by atoms with Crippen molar-refractivity contribution >= 4 is 34.9 Å². The smallest absolute Gasteiger partial charge is 0.339 e. The molecular formula is C22H18N4O7. The normalized spacial score (nSPS) is 19.5. The van der Waals surface area contributed by atoms with Crippen LogP contribution < -0.4 is 15.4 Å². The second kappa shape index (κ2) is 7.33. The maximum atomic E-state index is 13.1. The molecule has 0 bridgehead atoms. The van der Waals surface area contributed by atoms with Crippen LogP contribution >= 0.6 is 0 Å². The zero-order valence-electron chi connectivity index (χ0n) is 17.6. The number of nitrogens with zero attached hydrogens (tertiary/aromatic N) is 2. The second-order valence-corrected chi connectivity index (χ2v) is 7.71. The predicted octanol–water partition coefficient (Wildman–Crippen LogP) is 1.31. The maximum absolute atomic E-state index is 13.1. The van der Waals surface area contributed by atoms with Crippen molar-refractivity contribution in [1.82, 2.24) is 20.5 Å². The highest BCUT2D eigenvalue weighted by molar-refractivity contribution is 6.08. The third-order valence-corrected chi connectivity index (χ3v) is 5.78. The third kappa shape index (κ3) is 3.16. The van der Waals surface area contributed by atoms with E-state index >= 15 is 0 Å². The number of nitrogens with one attached hydrogen (secondary N) is 2. The molecule has 168 valence electrons. The first-order valence-corrected chi connectivity index (χ1v) is 9.93. The Labute approximate surface area is 186 Å². The van der Waals surface area contributed by atoms with E-state index in [1.54, 1.807) is 18.2 Å². The summed E-state index contributed by atoms with van der Waals surface area (Å²) in [6.45, 7) is 0.0676. The first kappa shape index (κ1) is 20.5. The van der Waals surface area contributed by atoms with Crippen molar-refractivity contribution in [3.05, 3.63) is 59.0 Å². The molecule has 3 aromatic rings. The summed E-state index contributed by atoms with van der Waals surface area (Å²) in [7, 11) is 2.75. The van der Waals surface area contributed by atoms with Crippen molar-refractivity contribution in [2.75, 3.05) is 20.8 Å². The molecule has 1 aromatic carbocycles. The summed E-state index contributed by atoms with van der Waals surface area (Å²) in [6, 6.07) is 7.39. The van der Waals surface area contributed by atoms with Crippen LogP contribution in [0.25, 0.3) is 11.1 Å². The molecule has 1 saturated heterocycles. The maximum Gasteiger partial charge on any atom is 0.339 e. The van der Waals surface area contributed by atoms with Gasteiger partial charge >= 0.3 is 12.0 Å². The van der Waals surface area contributed by atoms with Gasteiger partial charge in [0.05, 0.1) is 26.3 Å². The number of carbonyl (C=O) groups excluding carboxylic acids is 4. The summed E-state index contributed by atoms with van der Waals surface area (Å²) in [5, 5.41) is 4.82. The largest absolute Gasteiger partial charge is 0.497 e. The molecule has 11 nitrogen and oxygen atoms in total. The van der Waals surface area contributed by atoms with Gasteiger partial charge in [-0.1, -0.05) is 6.07 Å². The minimum Gasteiger partial charge on any atom is -0.497 e. The van der Waals surface area contributed by atoms with E-state index in [1.807, 2.05) is 0 Å². The van der Waals surface area contributed by atoms with E-state index in [0.717, 1.165) is 5.56 Å². The van der Waals surface area contributed by atoms with E-state index in [4.69, 9.17) is 13.9 Å². The fourth-order valence-corrected chi connectivity index (χ4v) is 4.09. The van der Waals surface area contributed by atoms with Crippen molar-refractivity contribution in [1.29, 1.82) is 0 Å². The number of benzene rings is 1. The molecule has 1 fully saturated rings.